The molecule has 7 heteroatoms. The lowest BCUT2D eigenvalue weighted by molar-refractivity contribution is -0.134. The summed E-state index contributed by atoms with van der Waals surface area (Å²) < 4.78 is 11.9. The molecule has 178 valence electrons. The molecule has 4 rings (SSSR count). The quantitative estimate of drug-likeness (QED) is 0.0965. The van der Waals surface area contributed by atoms with Gasteiger partial charge in [-0.25, -0.2) is 4.79 Å². The van der Waals surface area contributed by atoms with Crippen molar-refractivity contribution in [1.82, 2.24) is 0 Å². The van der Waals surface area contributed by atoms with Crippen molar-refractivity contribution in [2.24, 2.45) is 0 Å². The van der Waals surface area contributed by atoms with Crippen LogP contribution >= 0.6 is 32.9 Å². The molecule has 0 aliphatic heterocycles. The van der Waals surface area contributed by atoms with Crippen LogP contribution in [0, 0.1) is 3.82 Å². The Balaban J connectivity index is 1.42. The molecule has 0 spiro atoms. The number of carbonyl (C=O) groups excluding carboxylic acids is 2. The number of hydrogen-bond donors (Lipinski definition) is 0. The van der Waals surface area contributed by atoms with Crippen LogP contribution in [0.5, 0.6) is 11.5 Å². The van der Waals surface area contributed by atoms with Crippen LogP contribution in [0.1, 0.15) is 47.7 Å². The molecule has 0 saturated heterocycles. The minimum absolute atomic E-state index is 0.221. The second kappa shape index (κ2) is 12.0. The minimum atomic E-state index is -0.402. The lowest BCUT2D eigenvalue weighted by Crippen LogP contribution is -2.11. The molecule has 0 N–H and O–H groups in total. The topological polar surface area (TPSA) is 52.6 Å². The van der Waals surface area contributed by atoms with Crippen LogP contribution < -0.4 is 9.47 Å². The van der Waals surface area contributed by atoms with E-state index in [0.29, 0.717) is 29.9 Å². The van der Waals surface area contributed by atoms with Gasteiger partial charge in [-0.3, -0.25) is 4.79 Å². The van der Waals surface area contributed by atoms with Crippen molar-refractivity contribution in [2.45, 2.75) is 32.6 Å². The summed E-state index contributed by atoms with van der Waals surface area (Å²) in [5.41, 5.74) is 3.42. The van der Waals surface area contributed by atoms with Crippen LogP contribution in [-0.4, -0.2) is 11.9 Å². The summed E-state index contributed by atoms with van der Waals surface area (Å²) >= 11 is 5.21. The van der Waals surface area contributed by atoms with Gasteiger partial charge in [0.05, 0.1) is 5.56 Å². The Kier molecular flexibility index (Phi) is 8.58. The van der Waals surface area contributed by atoms with E-state index in [0.717, 1.165) is 38.2 Å². The van der Waals surface area contributed by atoms with E-state index in [9.17, 15) is 9.59 Å². The van der Waals surface area contributed by atoms with Crippen LogP contribution in [0.25, 0.3) is 10.4 Å². The first-order valence-electron chi connectivity index (χ1n) is 11.3. The van der Waals surface area contributed by atoms with Crippen LogP contribution in [0.3, 0.4) is 0 Å². The van der Waals surface area contributed by atoms with Crippen molar-refractivity contribution < 1.29 is 19.1 Å². The third-order valence-electron chi connectivity index (χ3n) is 5.33. The summed E-state index contributed by atoms with van der Waals surface area (Å²) in [6.45, 7) is 2.04. The molecule has 0 unspecified atom stereocenters. The molecule has 4 aromatic rings. The number of unbranched alkanes of at least 4 members (excludes halogenated alkanes) is 1. The van der Waals surface area contributed by atoms with E-state index in [1.165, 1.54) is 0 Å². The van der Waals surface area contributed by atoms with E-state index in [-0.39, 0.29) is 5.97 Å². The zero-order chi connectivity index (χ0) is 24.6. The fourth-order valence-corrected chi connectivity index (χ4v) is 5.90. The summed E-state index contributed by atoms with van der Waals surface area (Å²) in [4.78, 5) is 25.9. The molecular formula is C28H24O4S3. The maximum absolute atomic E-state index is 13.0. The summed E-state index contributed by atoms with van der Waals surface area (Å²) in [7, 11) is 3.20. The lowest BCUT2D eigenvalue weighted by atomic mass is 10.00. The van der Waals surface area contributed by atoms with E-state index < -0.39 is 5.97 Å². The van der Waals surface area contributed by atoms with Crippen molar-refractivity contribution >= 4 is 44.8 Å². The number of benzene rings is 3. The second-order valence-corrected chi connectivity index (χ2v) is 10.9. The first kappa shape index (κ1) is 25.0. The Bertz CT molecular complexity index is 1350. The second-order valence-electron chi connectivity index (χ2n) is 7.96. The van der Waals surface area contributed by atoms with Gasteiger partial charge in [0.2, 0.25) is 0 Å². The Hall–Kier alpha value is -3.13. The van der Waals surface area contributed by atoms with Gasteiger partial charge in [0, 0.05) is 11.3 Å². The predicted octanol–water partition coefficient (Wildman–Crippen LogP) is 8.11. The van der Waals surface area contributed by atoms with E-state index in [2.05, 4.69) is 0 Å². The maximum atomic E-state index is 13.0. The number of hydrogen-bond acceptors (Lipinski definition) is 7. The highest BCUT2D eigenvalue weighted by Gasteiger charge is 2.14. The number of rotatable bonds is 9. The first-order valence-corrected chi connectivity index (χ1v) is 13.9. The van der Waals surface area contributed by atoms with E-state index in [4.69, 9.17) is 21.7 Å². The molecule has 0 radical (unpaired) electrons. The van der Waals surface area contributed by atoms with Crippen molar-refractivity contribution in [3.63, 3.8) is 0 Å². The zero-order valence-electron chi connectivity index (χ0n) is 19.2. The minimum Gasteiger partial charge on any atom is -0.427 e. The van der Waals surface area contributed by atoms with Gasteiger partial charge in [0.25, 0.3) is 0 Å². The molecule has 3 aromatic carbocycles. The fourth-order valence-electron chi connectivity index (χ4n) is 3.49. The molecule has 4 nitrogen and oxygen atoms in total. The first-order chi connectivity index (χ1) is 17.0. The Morgan fingerprint density at radius 2 is 1.54 bits per heavy atom. The molecule has 0 aliphatic rings. The summed E-state index contributed by atoms with van der Waals surface area (Å²) in [6, 6.07) is 24.2. The smallest absolute Gasteiger partial charge is 0.343 e. The molecule has 1 heterocycles. The summed E-state index contributed by atoms with van der Waals surface area (Å²) in [5, 5.41) is 0. The molecule has 0 amide bonds. The third-order valence-corrected chi connectivity index (χ3v) is 8.24. The van der Waals surface area contributed by atoms with Crippen LogP contribution in [-0.2, 0) is 11.2 Å². The molecule has 0 bridgehead atoms. The average Bonchev–Trinajstić information content (AvgIpc) is 3.31. The lowest BCUT2D eigenvalue weighted by Gasteiger charge is -2.11. The molecule has 0 saturated carbocycles. The van der Waals surface area contributed by atoms with Crippen molar-refractivity contribution in [3.05, 3.63) is 99.4 Å². The van der Waals surface area contributed by atoms with Crippen LogP contribution in [0.2, 0.25) is 0 Å². The van der Waals surface area contributed by atoms with Gasteiger partial charge >= 0.3 is 11.9 Å². The molecule has 0 atom stereocenters. The molecule has 0 fully saturated rings. The SMILES string of the molecule is CCCCC(=O)Oc1ccc(Cc2ccccc2C(=O)Oc2ccc(-c3cc(=S)ss3)cc2)cc1. The van der Waals surface area contributed by atoms with Gasteiger partial charge in [0.15, 0.2) is 0 Å². The number of carbonyl (C=O) groups is 2. The van der Waals surface area contributed by atoms with Crippen LogP contribution in [0.4, 0.5) is 0 Å². The third kappa shape index (κ3) is 6.94. The number of esters is 2. The monoisotopic (exact) mass is 520 g/mol. The largest absolute Gasteiger partial charge is 0.427 e. The molecule has 1 aromatic heterocycles. The van der Waals surface area contributed by atoms with Crippen molar-refractivity contribution in [1.29, 1.82) is 0 Å². The molecule has 35 heavy (non-hydrogen) atoms. The van der Waals surface area contributed by atoms with Gasteiger partial charge in [-0.05, 0) is 78.1 Å². The Morgan fingerprint density at radius 1 is 0.857 bits per heavy atom. The van der Waals surface area contributed by atoms with E-state index >= 15 is 0 Å². The van der Waals surface area contributed by atoms with Gasteiger partial charge < -0.3 is 9.47 Å². The normalized spacial score (nSPS) is 10.7. The molecular weight excluding hydrogens is 497 g/mol. The van der Waals surface area contributed by atoms with Gasteiger partial charge in [-0.1, -0.05) is 76.6 Å². The maximum Gasteiger partial charge on any atom is 0.343 e. The Morgan fingerprint density at radius 3 is 2.23 bits per heavy atom. The average molecular weight is 521 g/mol. The van der Waals surface area contributed by atoms with Gasteiger partial charge in [-0.15, -0.1) is 0 Å². The van der Waals surface area contributed by atoms with E-state index in [1.54, 1.807) is 51.0 Å². The molecule has 0 aliphatic carbocycles. The highest BCUT2D eigenvalue weighted by atomic mass is 32.9. The predicted molar refractivity (Wildman–Crippen MR) is 144 cm³/mol. The van der Waals surface area contributed by atoms with E-state index in [1.807, 2.05) is 55.5 Å². The highest BCUT2D eigenvalue weighted by Crippen LogP contribution is 2.30. The van der Waals surface area contributed by atoms with Crippen molar-refractivity contribution in [3.8, 4) is 21.9 Å². The van der Waals surface area contributed by atoms with Crippen LogP contribution in [0.15, 0.2) is 78.9 Å². The van der Waals surface area contributed by atoms with Crippen molar-refractivity contribution in [2.75, 3.05) is 0 Å². The van der Waals surface area contributed by atoms with Gasteiger partial charge in [-0.2, -0.15) is 0 Å². The fraction of sp³-hybridized carbons (Fsp3) is 0.179. The summed E-state index contributed by atoms with van der Waals surface area (Å²) in [6.07, 6.45) is 2.74. The standard InChI is InChI=1S/C28H24O4S3/c1-2-3-8-26(29)31-22-13-9-19(10-14-22)17-21-6-4-5-7-24(21)28(30)32-23-15-11-20(12-16-23)25-18-27(33)35-34-25/h4-7,9-16,18H,2-3,8,17H2,1H3. The number of ether oxygens (including phenoxy) is 2. The van der Waals surface area contributed by atoms with Gasteiger partial charge in [0.1, 0.15) is 15.3 Å². The highest BCUT2D eigenvalue weighted by molar-refractivity contribution is 7.80. The zero-order valence-corrected chi connectivity index (χ0v) is 21.6. The Labute approximate surface area is 217 Å². The summed E-state index contributed by atoms with van der Waals surface area (Å²) in [5.74, 6) is 0.391.